The molecule has 0 spiro atoms. The van der Waals surface area contributed by atoms with Gasteiger partial charge in [0.2, 0.25) is 0 Å². The average Bonchev–Trinajstić information content (AvgIpc) is 2.13. The summed E-state index contributed by atoms with van der Waals surface area (Å²) in [6.45, 7) is 9.91. The Labute approximate surface area is 82.6 Å². The summed E-state index contributed by atoms with van der Waals surface area (Å²) in [6.07, 6.45) is 5.45. The van der Waals surface area contributed by atoms with Crippen LogP contribution in [-0.4, -0.2) is 19.1 Å². The van der Waals surface area contributed by atoms with E-state index >= 15 is 0 Å². The van der Waals surface area contributed by atoms with E-state index in [0.717, 1.165) is 19.5 Å². The maximum absolute atomic E-state index is 5.70. The van der Waals surface area contributed by atoms with Gasteiger partial charge < -0.3 is 11.1 Å². The maximum atomic E-state index is 5.70. The van der Waals surface area contributed by atoms with Crippen molar-refractivity contribution in [2.45, 2.75) is 39.2 Å². The standard InChI is InChI=1S/C11H24N2/c1-4-6-8-13-11(9-12)10(3)7-5-2/h4,10-11,13H,1,5-9,12H2,2-3H3. The molecule has 0 amide bonds. The molecule has 13 heavy (non-hydrogen) atoms. The van der Waals surface area contributed by atoms with Crippen molar-refractivity contribution in [1.29, 1.82) is 0 Å². The fourth-order valence-electron chi connectivity index (χ4n) is 1.54. The van der Waals surface area contributed by atoms with Gasteiger partial charge in [-0.15, -0.1) is 6.58 Å². The summed E-state index contributed by atoms with van der Waals surface area (Å²) in [4.78, 5) is 0. The summed E-state index contributed by atoms with van der Waals surface area (Å²) in [5.74, 6) is 0.680. The topological polar surface area (TPSA) is 38.0 Å². The van der Waals surface area contributed by atoms with E-state index in [1.165, 1.54) is 12.8 Å². The van der Waals surface area contributed by atoms with Crippen LogP contribution < -0.4 is 11.1 Å². The van der Waals surface area contributed by atoms with Gasteiger partial charge in [0.1, 0.15) is 0 Å². The Kier molecular flexibility index (Phi) is 8.05. The summed E-state index contributed by atoms with van der Waals surface area (Å²) < 4.78 is 0. The smallest absolute Gasteiger partial charge is 0.0215 e. The molecular weight excluding hydrogens is 160 g/mol. The van der Waals surface area contributed by atoms with Gasteiger partial charge in [0, 0.05) is 12.6 Å². The molecule has 3 N–H and O–H groups in total. The Hall–Kier alpha value is -0.340. The van der Waals surface area contributed by atoms with Gasteiger partial charge in [0.25, 0.3) is 0 Å². The third-order valence-electron chi connectivity index (χ3n) is 2.44. The lowest BCUT2D eigenvalue weighted by atomic mass is 9.97. The van der Waals surface area contributed by atoms with Crippen LogP contribution in [-0.2, 0) is 0 Å². The van der Waals surface area contributed by atoms with E-state index in [0.29, 0.717) is 12.0 Å². The molecule has 0 aromatic rings. The van der Waals surface area contributed by atoms with Crippen molar-refractivity contribution in [2.24, 2.45) is 11.7 Å². The second-order valence-corrected chi connectivity index (χ2v) is 3.64. The molecule has 0 heterocycles. The largest absolute Gasteiger partial charge is 0.329 e. The molecule has 2 heteroatoms. The highest BCUT2D eigenvalue weighted by molar-refractivity contribution is 4.76. The summed E-state index contributed by atoms with van der Waals surface area (Å²) in [6, 6.07) is 0.472. The molecule has 0 aliphatic rings. The van der Waals surface area contributed by atoms with Crippen molar-refractivity contribution in [3.63, 3.8) is 0 Å². The summed E-state index contributed by atoms with van der Waals surface area (Å²) in [5.41, 5.74) is 5.70. The third kappa shape index (κ3) is 5.83. The molecule has 0 bridgehead atoms. The fraction of sp³-hybridized carbons (Fsp3) is 0.818. The van der Waals surface area contributed by atoms with E-state index in [9.17, 15) is 0 Å². The quantitative estimate of drug-likeness (QED) is 0.447. The van der Waals surface area contributed by atoms with E-state index in [1.54, 1.807) is 0 Å². The molecule has 2 atom stereocenters. The van der Waals surface area contributed by atoms with Gasteiger partial charge in [-0.3, -0.25) is 0 Å². The van der Waals surface area contributed by atoms with Gasteiger partial charge in [-0.1, -0.05) is 26.3 Å². The third-order valence-corrected chi connectivity index (χ3v) is 2.44. The van der Waals surface area contributed by atoms with E-state index in [-0.39, 0.29) is 0 Å². The minimum Gasteiger partial charge on any atom is -0.329 e. The Morgan fingerprint density at radius 1 is 1.54 bits per heavy atom. The van der Waals surface area contributed by atoms with Crippen molar-refractivity contribution >= 4 is 0 Å². The van der Waals surface area contributed by atoms with Crippen molar-refractivity contribution < 1.29 is 0 Å². The van der Waals surface area contributed by atoms with Crippen LogP contribution in [0.1, 0.15) is 33.1 Å². The van der Waals surface area contributed by atoms with Crippen LogP contribution in [0, 0.1) is 5.92 Å². The molecular formula is C11H24N2. The summed E-state index contributed by atoms with van der Waals surface area (Å²) in [7, 11) is 0. The summed E-state index contributed by atoms with van der Waals surface area (Å²) in [5, 5.41) is 3.46. The lowest BCUT2D eigenvalue weighted by Gasteiger charge is -2.23. The lowest BCUT2D eigenvalue weighted by Crippen LogP contribution is -2.41. The maximum Gasteiger partial charge on any atom is 0.0215 e. The molecule has 0 aliphatic heterocycles. The first-order valence-corrected chi connectivity index (χ1v) is 5.30. The van der Waals surface area contributed by atoms with E-state index in [2.05, 4.69) is 25.7 Å². The van der Waals surface area contributed by atoms with Gasteiger partial charge in [0.15, 0.2) is 0 Å². The van der Waals surface area contributed by atoms with Gasteiger partial charge in [-0.05, 0) is 25.3 Å². The van der Waals surface area contributed by atoms with Crippen LogP contribution in [0.25, 0.3) is 0 Å². The zero-order valence-electron chi connectivity index (χ0n) is 9.05. The predicted molar refractivity (Wildman–Crippen MR) is 59.7 cm³/mol. The van der Waals surface area contributed by atoms with Gasteiger partial charge >= 0.3 is 0 Å². The Bertz CT molecular complexity index is 123. The molecule has 0 saturated heterocycles. The zero-order chi connectivity index (χ0) is 10.1. The van der Waals surface area contributed by atoms with Crippen LogP contribution in [0.15, 0.2) is 12.7 Å². The first-order valence-electron chi connectivity index (χ1n) is 5.30. The highest BCUT2D eigenvalue weighted by Gasteiger charge is 2.13. The van der Waals surface area contributed by atoms with Crippen LogP contribution >= 0.6 is 0 Å². The SMILES string of the molecule is C=CCCNC(CN)C(C)CCC. The highest BCUT2D eigenvalue weighted by atomic mass is 14.9. The molecule has 0 aromatic heterocycles. The van der Waals surface area contributed by atoms with Crippen molar-refractivity contribution in [3.8, 4) is 0 Å². The van der Waals surface area contributed by atoms with Crippen molar-refractivity contribution in [2.75, 3.05) is 13.1 Å². The molecule has 0 fully saturated rings. The van der Waals surface area contributed by atoms with Gasteiger partial charge in [0.05, 0.1) is 0 Å². The molecule has 2 nitrogen and oxygen atoms in total. The first kappa shape index (κ1) is 12.7. The normalized spacial score (nSPS) is 15.3. The van der Waals surface area contributed by atoms with E-state index < -0.39 is 0 Å². The monoisotopic (exact) mass is 184 g/mol. The molecule has 0 radical (unpaired) electrons. The van der Waals surface area contributed by atoms with E-state index in [1.807, 2.05) is 6.08 Å². The first-order chi connectivity index (χ1) is 6.26. The van der Waals surface area contributed by atoms with Crippen molar-refractivity contribution in [3.05, 3.63) is 12.7 Å². The number of hydrogen-bond acceptors (Lipinski definition) is 2. The fourth-order valence-corrected chi connectivity index (χ4v) is 1.54. The van der Waals surface area contributed by atoms with E-state index in [4.69, 9.17) is 5.73 Å². The second-order valence-electron chi connectivity index (χ2n) is 3.64. The molecule has 2 unspecified atom stereocenters. The van der Waals surface area contributed by atoms with Gasteiger partial charge in [-0.25, -0.2) is 0 Å². The molecule has 0 rings (SSSR count). The Balaban J connectivity index is 3.65. The number of nitrogens with one attached hydrogen (secondary N) is 1. The highest BCUT2D eigenvalue weighted by Crippen LogP contribution is 2.09. The van der Waals surface area contributed by atoms with Crippen LogP contribution in [0.2, 0.25) is 0 Å². The predicted octanol–water partition coefficient (Wildman–Crippen LogP) is 1.92. The van der Waals surface area contributed by atoms with Crippen LogP contribution in [0.5, 0.6) is 0 Å². The lowest BCUT2D eigenvalue weighted by molar-refractivity contribution is 0.363. The number of nitrogens with two attached hydrogens (primary N) is 1. The Morgan fingerprint density at radius 2 is 2.23 bits per heavy atom. The van der Waals surface area contributed by atoms with Crippen LogP contribution in [0.4, 0.5) is 0 Å². The number of hydrogen-bond donors (Lipinski definition) is 2. The van der Waals surface area contributed by atoms with Crippen molar-refractivity contribution in [1.82, 2.24) is 5.32 Å². The summed E-state index contributed by atoms with van der Waals surface area (Å²) >= 11 is 0. The molecule has 0 saturated carbocycles. The minimum atomic E-state index is 0.472. The molecule has 0 aliphatic carbocycles. The molecule has 0 aromatic carbocycles. The zero-order valence-corrected chi connectivity index (χ0v) is 9.05. The second kappa shape index (κ2) is 8.27. The van der Waals surface area contributed by atoms with Crippen LogP contribution in [0.3, 0.4) is 0 Å². The number of rotatable bonds is 8. The average molecular weight is 184 g/mol. The minimum absolute atomic E-state index is 0.472. The molecule has 78 valence electrons. The van der Waals surface area contributed by atoms with Gasteiger partial charge in [-0.2, -0.15) is 0 Å². The Morgan fingerprint density at radius 3 is 2.69 bits per heavy atom.